The summed E-state index contributed by atoms with van der Waals surface area (Å²) in [5.74, 6) is 0.550. The zero-order valence-corrected chi connectivity index (χ0v) is 13.3. The van der Waals surface area contributed by atoms with Crippen LogP contribution in [-0.2, 0) is 4.79 Å². The number of carbonyl (C=O) groups is 1. The Kier molecular flexibility index (Phi) is 4.62. The summed E-state index contributed by atoms with van der Waals surface area (Å²) >= 11 is 0. The second-order valence-electron chi connectivity index (χ2n) is 5.98. The van der Waals surface area contributed by atoms with Crippen molar-refractivity contribution in [1.82, 2.24) is 10.1 Å². The van der Waals surface area contributed by atoms with Gasteiger partial charge in [0, 0.05) is 50.3 Å². The summed E-state index contributed by atoms with van der Waals surface area (Å²) in [6, 6.07) is 12.3. The number of rotatable bonds is 5. The highest BCUT2D eigenvalue weighted by Crippen LogP contribution is 2.26. The predicted molar refractivity (Wildman–Crippen MR) is 89.0 cm³/mol. The minimum Gasteiger partial charge on any atom is -0.370 e. The first-order valence-electron chi connectivity index (χ1n) is 7.93. The number of hydrogen-bond acceptors (Lipinski definition) is 5. The van der Waals surface area contributed by atoms with Crippen LogP contribution in [0.4, 0.5) is 5.88 Å². The number of benzene rings is 1. The molecule has 3 rings (SSSR count). The maximum atomic E-state index is 10.9. The van der Waals surface area contributed by atoms with Gasteiger partial charge >= 0.3 is 0 Å². The van der Waals surface area contributed by atoms with Gasteiger partial charge in [-0.05, 0) is 6.92 Å². The Morgan fingerprint density at radius 3 is 2.83 bits per heavy atom. The monoisotopic (exact) mass is 314 g/mol. The lowest BCUT2D eigenvalue weighted by Crippen LogP contribution is -2.52. The zero-order chi connectivity index (χ0) is 16.2. The highest BCUT2D eigenvalue weighted by atomic mass is 16.5. The van der Waals surface area contributed by atoms with Crippen molar-refractivity contribution in [1.29, 1.82) is 0 Å². The number of primary amides is 1. The van der Waals surface area contributed by atoms with E-state index in [0.717, 1.165) is 43.3 Å². The summed E-state index contributed by atoms with van der Waals surface area (Å²) in [6.07, 6.45) is 0.410. The van der Waals surface area contributed by atoms with Crippen LogP contribution in [0.15, 0.2) is 40.9 Å². The third kappa shape index (κ3) is 3.71. The van der Waals surface area contributed by atoms with Crippen LogP contribution in [0.3, 0.4) is 0 Å². The molecule has 0 bridgehead atoms. The summed E-state index contributed by atoms with van der Waals surface area (Å²) in [5, 5.41) is 4.18. The van der Waals surface area contributed by atoms with Gasteiger partial charge in [0.05, 0.1) is 0 Å². The third-order valence-corrected chi connectivity index (χ3v) is 4.24. The smallest absolute Gasteiger partial charge is 0.228 e. The van der Waals surface area contributed by atoms with Gasteiger partial charge < -0.3 is 15.2 Å². The molecule has 2 aromatic rings. The molecule has 0 radical (unpaired) electrons. The fourth-order valence-electron chi connectivity index (χ4n) is 2.98. The van der Waals surface area contributed by atoms with Gasteiger partial charge in [-0.15, -0.1) is 0 Å². The fraction of sp³-hybridized carbons (Fsp3) is 0.412. The molecule has 122 valence electrons. The second-order valence-corrected chi connectivity index (χ2v) is 5.98. The molecule has 0 spiro atoms. The number of amides is 1. The van der Waals surface area contributed by atoms with Gasteiger partial charge in [-0.3, -0.25) is 9.69 Å². The van der Waals surface area contributed by atoms with Gasteiger partial charge in [-0.2, -0.15) is 0 Å². The summed E-state index contributed by atoms with van der Waals surface area (Å²) in [7, 11) is 0. The average molecular weight is 314 g/mol. The third-order valence-electron chi connectivity index (χ3n) is 4.24. The highest BCUT2D eigenvalue weighted by Gasteiger charge is 2.26. The number of aromatic nitrogens is 1. The molecule has 0 saturated carbocycles. The minimum absolute atomic E-state index is 0.247. The van der Waals surface area contributed by atoms with Crippen molar-refractivity contribution >= 4 is 11.8 Å². The molecule has 23 heavy (non-hydrogen) atoms. The fourth-order valence-corrected chi connectivity index (χ4v) is 2.98. The number of anilines is 1. The molecule has 1 aliphatic heterocycles. The Bertz CT molecular complexity index is 656. The largest absolute Gasteiger partial charge is 0.370 e. The van der Waals surface area contributed by atoms with Crippen molar-refractivity contribution in [3.63, 3.8) is 0 Å². The van der Waals surface area contributed by atoms with Gasteiger partial charge in [-0.25, -0.2) is 0 Å². The predicted octanol–water partition coefficient (Wildman–Crippen LogP) is 1.73. The molecule has 2 heterocycles. The molecular weight excluding hydrogens is 292 g/mol. The van der Waals surface area contributed by atoms with E-state index in [1.165, 1.54) is 0 Å². The van der Waals surface area contributed by atoms with Gasteiger partial charge in [-0.1, -0.05) is 35.5 Å². The number of hydrogen-bond donors (Lipinski definition) is 1. The molecule has 1 unspecified atom stereocenters. The van der Waals surface area contributed by atoms with E-state index in [4.69, 9.17) is 10.3 Å². The summed E-state index contributed by atoms with van der Waals surface area (Å²) in [4.78, 5) is 15.4. The number of carbonyl (C=O) groups excluding carboxylic acids is 1. The molecular formula is C17H22N4O2. The van der Waals surface area contributed by atoms with E-state index in [2.05, 4.69) is 21.9 Å². The van der Waals surface area contributed by atoms with E-state index in [0.29, 0.717) is 12.5 Å². The number of nitrogens with zero attached hydrogens (tertiary/aromatic N) is 3. The average Bonchev–Trinajstić information content (AvgIpc) is 3.03. The van der Waals surface area contributed by atoms with Crippen molar-refractivity contribution in [2.24, 2.45) is 5.73 Å². The topological polar surface area (TPSA) is 75.6 Å². The molecule has 1 amide bonds. The zero-order valence-electron chi connectivity index (χ0n) is 13.3. The summed E-state index contributed by atoms with van der Waals surface area (Å²) in [6.45, 7) is 5.50. The quantitative estimate of drug-likeness (QED) is 0.909. The van der Waals surface area contributed by atoms with Crippen molar-refractivity contribution in [3.8, 4) is 11.3 Å². The van der Waals surface area contributed by atoms with E-state index in [1.54, 1.807) is 0 Å². The van der Waals surface area contributed by atoms with Crippen molar-refractivity contribution in [2.75, 3.05) is 31.1 Å². The molecule has 6 heteroatoms. The Morgan fingerprint density at radius 2 is 2.13 bits per heavy atom. The van der Waals surface area contributed by atoms with E-state index in [-0.39, 0.29) is 5.91 Å². The molecule has 1 aromatic carbocycles. The van der Waals surface area contributed by atoms with E-state index >= 15 is 0 Å². The van der Waals surface area contributed by atoms with Crippen molar-refractivity contribution in [3.05, 3.63) is 36.4 Å². The first-order valence-corrected chi connectivity index (χ1v) is 7.93. The van der Waals surface area contributed by atoms with E-state index in [1.807, 2.05) is 36.4 Å². The van der Waals surface area contributed by atoms with E-state index < -0.39 is 0 Å². The Balaban J connectivity index is 1.64. The first kappa shape index (κ1) is 15.6. The molecule has 1 fully saturated rings. The summed E-state index contributed by atoms with van der Waals surface area (Å²) < 4.78 is 5.55. The first-order chi connectivity index (χ1) is 11.1. The second kappa shape index (κ2) is 6.83. The van der Waals surface area contributed by atoms with Crippen molar-refractivity contribution in [2.45, 2.75) is 19.4 Å². The van der Waals surface area contributed by atoms with Crippen LogP contribution >= 0.6 is 0 Å². The van der Waals surface area contributed by atoms with Gasteiger partial charge in [0.15, 0.2) is 0 Å². The van der Waals surface area contributed by atoms with Crippen LogP contribution in [-0.4, -0.2) is 48.2 Å². The maximum Gasteiger partial charge on any atom is 0.228 e. The minimum atomic E-state index is -0.247. The molecule has 1 saturated heterocycles. The lowest BCUT2D eigenvalue weighted by atomic mass is 10.1. The standard InChI is InChI=1S/C17H22N4O2/c1-13-12-20(8-7-16(18)22)9-10-21(13)17-11-15(19-23-17)14-5-3-2-4-6-14/h2-6,11,13H,7-10,12H2,1H3,(H2,18,22). The summed E-state index contributed by atoms with van der Waals surface area (Å²) in [5.41, 5.74) is 7.12. The Morgan fingerprint density at radius 1 is 1.35 bits per heavy atom. The maximum absolute atomic E-state index is 10.9. The number of piperazine rings is 1. The number of nitrogens with two attached hydrogens (primary N) is 1. The highest BCUT2D eigenvalue weighted by molar-refractivity contribution is 5.73. The van der Waals surface area contributed by atoms with Crippen LogP contribution in [0, 0.1) is 0 Å². The molecule has 1 aromatic heterocycles. The molecule has 0 aliphatic carbocycles. The SMILES string of the molecule is CC1CN(CCC(N)=O)CCN1c1cc(-c2ccccc2)no1. The molecule has 1 atom stereocenters. The van der Waals surface area contributed by atoms with Crippen molar-refractivity contribution < 1.29 is 9.32 Å². The van der Waals surface area contributed by atoms with Crippen LogP contribution in [0.5, 0.6) is 0 Å². The van der Waals surface area contributed by atoms with Crippen LogP contribution in [0.2, 0.25) is 0 Å². The Hall–Kier alpha value is -2.34. The lowest BCUT2D eigenvalue weighted by Gasteiger charge is -2.39. The normalized spacial score (nSPS) is 19.0. The van der Waals surface area contributed by atoms with Crippen LogP contribution in [0.25, 0.3) is 11.3 Å². The van der Waals surface area contributed by atoms with Gasteiger partial charge in [0.2, 0.25) is 11.8 Å². The van der Waals surface area contributed by atoms with Gasteiger partial charge in [0.1, 0.15) is 5.69 Å². The van der Waals surface area contributed by atoms with Gasteiger partial charge in [0.25, 0.3) is 0 Å². The Labute approximate surface area is 135 Å². The molecule has 1 aliphatic rings. The molecule has 2 N–H and O–H groups in total. The molecule has 6 nitrogen and oxygen atoms in total. The van der Waals surface area contributed by atoms with E-state index in [9.17, 15) is 4.79 Å². The van der Waals surface area contributed by atoms with Crippen LogP contribution in [0.1, 0.15) is 13.3 Å². The lowest BCUT2D eigenvalue weighted by molar-refractivity contribution is -0.118. The van der Waals surface area contributed by atoms with Crippen LogP contribution < -0.4 is 10.6 Å².